The van der Waals surface area contributed by atoms with Gasteiger partial charge in [-0.2, -0.15) is 0 Å². The third-order valence-electron chi connectivity index (χ3n) is 4.71. The van der Waals surface area contributed by atoms with E-state index in [2.05, 4.69) is 10.6 Å². The van der Waals surface area contributed by atoms with Crippen LogP contribution in [0.15, 0.2) is 24.3 Å². The van der Waals surface area contributed by atoms with E-state index in [0.717, 1.165) is 37.1 Å². The quantitative estimate of drug-likeness (QED) is 0.834. The number of ether oxygens (including phenoxy) is 1. The Bertz CT molecular complexity index is 581. The Hall–Kier alpha value is -2.04. The molecule has 1 aliphatic carbocycles. The summed E-state index contributed by atoms with van der Waals surface area (Å²) in [4.78, 5) is 23.7. The highest BCUT2D eigenvalue weighted by molar-refractivity contribution is 5.91. The molecule has 1 heterocycles. The third kappa shape index (κ3) is 2.93. The van der Waals surface area contributed by atoms with Crippen LogP contribution < -0.4 is 15.4 Å². The molecule has 22 heavy (non-hydrogen) atoms. The molecule has 5 nitrogen and oxygen atoms in total. The van der Waals surface area contributed by atoms with Gasteiger partial charge in [-0.05, 0) is 42.9 Å². The number of methoxy groups -OCH3 is 1. The van der Waals surface area contributed by atoms with Crippen LogP contribution in [0.25, 0.3) is 0 Å². The van der Waals surface area contributed by atoms with E-state index in [4.69, 9.17) is 4.74 Å². The first-order valence-electron chi connectivity index (χ1n) is 7.83. The fourth-order valence-corrected chi connectivity index (χ4v) is 3.12. The summed E-state index contributed by atoms with van der Waals surface area (Å²) in [5.41, 5.74) is 0.653. The van der Waals surface area contributed by atoms with Gasteiger partial charge in [0.2, 0.25) is 11.8 Å². The molecule has 2 fully saturated rings. The summed E-state index contributed by atoms with van der Waals surface area (Å²) < 4.78 is 5.25. The molecular formula is C17H22N2O3. The Kier molecular flexibility index (Phi) is 4.05. The van der Waals surface area contributed by atoms with Gasteiger partial charge in [-0.3, -0.25) is 9.59 Å². The molecule has 2 N–H and O–H groups in total. The number of hydrogen-bond acceptors (Lipinski definition) is 3. The Balaban J connectivity index is 1.56. The zero-order valence-electron chi connectivity index (χ0n) is 12.9. The van der Waals surface area contributed by atoms with E-state index in [1.54, 1.807) is 7.11 Å². The van der Waals surface area contributed by atoms with Crippen LogP contribution in [-0.4, -0.2) is 32.0 Å². The van der Waals surface area contributed by atoms with Crippen LogP contribution in [0.3, 0.4) is 0 Å². The molecule has 1 unspecified atom stereocenters. The second-order valence-corrected chi connectivity index (χ2v) is 6.23. The topological polar surface area (TPSA) is 67.4 Å². The van der Waals surface area contributed by atoms with E-state index in [1.165, 1.54) is 0 Å². The van der Waals surface area contributed by atoms with Crippen LogP contribution in [0.2, 0.25) is 0 Å². The van der Waals surface area contributed by atoms with Gasteiger partial charge in [0.1, 0.15) is 5.75 Å². The van der Waals surface area contributed by atoms with Crippen molar-refractivity contribution >= 4 is 11.8 Å². The summed E-state index contributed by atoms with van der Waals surface area (Å²) in [5.74, 6) is 1.34. The molecule has 1 saturated heterocycles. The van der Waals surface area contributed by atoms with Crippen LogP contribution in [0.5, 0.6) is 5.75 Å². The van der Waals surface area contributed by atoms with Crippen LogP contribution in [0.1, 0.15) is 31.2 Å². The summed E-state index contributed by atoms with van der Waals surface area (Å²) in [6.45, 7) is 1.36. The first-order valence-corrected chi connectivity index (χ1v) is 7.83. The van der Waals surface area contributed by atoms with Gasteiger partial charge in [-0.1, -0.05) is 12.1 Å². The van der Waals surface area contributed by atoms with E-state index in [1.807, 2.05) is 24.3 Å². The van der Waals surface area contributed by atoms with Crippen molar-refractivity contribution in [3.8, 4) is 5.75 Å². The van der Waals surface area contributed by atoms with Crippen molar-refractivity contribution in [3.05, 3.63) is 29.8 Å². The smallest absolute Gasteiger partial charge is 0.230 e. The highest BCUT2D eigenvalue weighted by Gasteiger charge is 2.51. The highest BCUT2D eigenvalue weighted by Crippen LogP contribution is 2.49. The number of benzene rings is 1. The van der Waals surface area contributed by atoms with Crippen molar-refractivity contribution in [2.24, 2.45) is 5.92 Å². The molecule has 1 saturated carbocycles. The van der Waals surface area contributed by atoms with Crippen LogP contribution in [-0.2, 0) is 15.0 Å². The second-order valence-electron chi connectivity index (χ2n) is 6.23. The lowest BCUT2D eigenvalue weighted by Gasteiger charge is -2.17. The lowest BCUT2D eigenvalue weighted by Crippen LogP contribution is -2.36. The van der Waals surface area contributed by atoms with Gasteiger partial charge in [-0.25, -0.2) is 0 Å². The molecular weight excluding hydrogens is 280 g/mol. The van der Waals surface area contributed by atoms with Gasteiger partial charge in [0, 0.05) is 19.5 Å². The number of carbonyl (C=O) groups is 2. The van der Waals surface area contributed by atoms with E-state index in [9.17, 15) is 9.59 Å². The highest BCUT2D eigenvalue weighted by atomic mass is 16.5. The van der Waals surface area contributed by atoms with Gasteiger partial charge >= 0.3 is 0 Å². The predicted octanol–water partition coefficient (Wildman–Crippen LogP) is 1.37. The summed E-state index contributed by atoms with van der Waals surface area (Å²) in [6, 6.07) is 7.76. The number of rotatable bonds is 6. The summed E-state index contributed by atoms with van der Waals surface area (Å²) >= 11 is 0. The summed E-state index contributed by atoms with van der Waals surface area (Å²) in [7, 11) is 1.63. The lowest BCUT2D eigenvalue weighted by atomic mass is 9.94. The minimum atomic E-state index is -0.377. The van der Waals surface area contributed by atoms with Crippen LogP contribution in [0.4, 0.5) is 0 Å². The minimum absolute atomic E-state index is 0.0954. The first kappa shape index (κ1) is 14.9. The number of nitrogens with one attached hydrogen (secondary N) is 2. The van der Waals surface area contributed by atoms with E-state index in [-0.39, 0.29) is 17.2 Å². The average molecular weight is 302 g/mol. The molecule has 0 bridgehead atoms. The van der Waals surface area contributed by atoms with Crippen molar-refractivity contribution in [3.63, 3.8) is 0 Å². The molecule has 1 aromatic rings. The fourth-order valence-electron chi connectivity index (χ4n) is 3.12. The molecule has 1 aliphatic heterocycles. The zero-order valence-corrected chi connectivity index (χ0v) is 12.9. The van der Waals surface area contributed by atoms with Crippen LogP contribution >= 0.6 is 0 Å². The number of amides is 2. The SMILES string of the molecule is COc1cccc(C2(C(=O)NCCC3CNC(=O)C3)CC2)c1. The monoisotopic (exact) mass is 302 g/mol. The van der Waals surface area contributed by atoms with E-state index in [0.29, 0.717) is 18.9 Å². The molecule has 0 spiro atoms. The molecule has 118 valence electrons. The number of carbonyl (C=O) groups excluding carboxylic acids is 2. The Labute approximate surface area is 130 Å². The third-order valence-corrected chi connectivity index (χ3v) is 4.71. The Morgan fingerprint density at radius 3 is 2.91 bits per heavy atom. The average Bonchev–Trinajstić information content (AvgIpc) is 3.25. The Morgan fingerprint density at radius 1 is 1.45 bits per heavy atom. The molecule has 3 rings (SSSR count). The number of hydrogen-bond donors (Lipinski definition) is 2. The largest absolute Gasteiger partial charge is 0.497 e. The molecule has 0 aromatic heterocycles. The summed E-state index contributed by atoms with van der Waals surface area (Å²) in [6.07, 6.45) is 3.19. The zero-order chi connectivity index (χ0) is 15.6. The van der Waals surface area contributed by atoms with Crippen molar-refractivity contribution in [2.75, 3.05) is 20.2 Å². The van der Waals surface area contributed by atoms with Crippen molar-refractivity contribution in [2.45, 2.75) is 31.1 Å². The maximum Gasteiger partial charge on any atom is 0.230 e. The van der Waals surface area contributed by atoms with Crippen molar-refractivity contribution in [1.82, 2.24) is 10.6 Å². The van der Waals surface area contributed by atoms with Gasteiger partial charge in [0.15, 0.2) is 0 Å². The van der Waals surface area contributed by atoms with Crippen molar-refractivity contribution in [1.29, 1.82) is 0 Å². The maximum absolute atomic E-state index is 12.5. The van der Waals surface area contributed by atoms with Gasteiger partial charge < -0.3 is 15.4 Å². The first-order chi connectivity index (χ1) is 10.6. The molecule has 0 radical (unpaired) electrons. The predicted molar refractivity (Wildman–Crippen MR) is 82.6 cm³/mol. The minimum Gasteiger partial charge on any atom is -0.497 e. The van der Waals surface area contributed by atoms with E-state index < -0.39 is 0 Å². The molecule has 2 amide bonds. The van der Waals surface area contributed by atoms with Gasteiger partial charge in [0.05, 0.1) is 12.5 Å². The van der Waals surface area contributed by atoms with Gasteiger partial charge in [-0.15, -0.1) is 0 Å². The molecule has 5 heteroatoms. The summed E-state index contributed by atoms with van der Waals surface area (Å²) in [5, 5.41) is 5.87. The standard InChI is InChI=1S/C17H22N2O3/c1-22-14-4-2-3-13(10-14)17(6-7-17)16(21)18-8-5-12-9-15(20)19-11-12/h2-4,10,12H,5-9,11H2,1H3,(H,18,21)(H,19,20). The normalized spacial score (nSPS) is 22.0. The van der Waals surface area contributed by atoms with Crippen molar-refractivity contribution < 1.29 is 14.3 Å². The van der Waals surface area contributed by atoms with Gasteiger partial charge in [0.25, 0.3) is 0 Å². The van der Waals surface area contributed by atoms with Crippen LogP contribution in [0, 0.1) is 5.92 Å². The maximum atomic E-state index is 12.5. The molecule has 2 aliphatic rings. The fraction of sp³-hybridized carbons (Fsp3) is 0.529. The van der Waals surface area contributed by atoms with E-state index >= 15 is 0 Å². The Morgan fingerprint density at radius 2 is 2.27 bits per heavy atom. The molecule has 1 atom stereocenters. The lowest BCUT2D eigenvalue weighted by molar-refractivity contribution is -0.123. The second kappa shape index (κ2) is 5.99. The molecule has 1 aromatic carbocycles.